The Balaban J connectivity index is 2.09. The molecule has 0 amide bonds. The largest absolute Gasteiger partial charge is 0.497 e. The van der Waals surface area contributed by atoms with E-state index in [9.17, 15) is 4.79 Å². The van der Waals surface area contributed by atoms with Gasteiger partial charge in [-0.05, 0) is 35.9 Å². The van der Waals surface area contributed by atoms with Gasteiger partial charge in [-0.1, -0.05) is 12.1 Å². The van der Waals surface area contributed by atoms with Crippen molar-refractivity contribution in [2.45, 2.75) is 10.6 Å². The minimum atomic E-state index is -0.360. The summed E-state index contributed by atoms with van der Waals surface area (Å²) in [4.78, 5) is 12.4. The number of ether oxygens (including phenoxy) is 2. The number of esters is 1. The van der Waals surface area contributed by atoms with Crippen molar-refractivity contribution in [3.63, 3.8) is 0 Å². The minimum Gasteiger partial charge on any atom is -0.497 e. The summed E-state index contributed by atoms with van der Waals surface area (Å²) in [6.07, 6.45) is 0. The maximum Gasteiger partial charge on any atom is 0.337 e. The maximum absolute atomic E-state index is 11.5. The first-order valence-electron chi connectivity index (χ1n) is 6.37. The Labute approximate surface area is 128 Å². The smallest absolute Gasteiger partial charge is 0.337 e. The van der Waals surface area contributed by atoms with Crippen LogP contribution in [0.25, 0.3) is 0 Å². The zero-order valence-corrected chi connectivity index (χ0v) is 12.8. The van der Waals surface area contributed by atoms with E-state index in [0.717, 1.165) is 22.0 Å². The predicted octanol–water partition coefficient (Wildman–Crippen LogP) is 3.36. The molecule has 2 rings (SSSR count). The molecule has 2 N–H and O–H groups in total. The summed E-state index contributed by atoms with van der Waals surface area (Å²) in [6.45, 7) is 0. The van der Waals surface area contributed by atoms with Crippen molar-refractivity contribution in [2.24, 2.45) is 0 Å². The molecule has 0 heterocycles. The summed E-state index contributed by atoms with van der Waals surface area (Å²) in [5.41, 5.74) is 8.26. The highest BCUT2D eigenvalue weighted by molar-refractivity contribution is 7.98. The highest BCUT2D eigenvalue weighted by Crippen LogP contribution is 2.29. The van der Waals surface area contributed by atoms with Crippen LogP contribution >= 0.6 is 11.8 Å². The molecule has 0 radical (unpaired) electrons. The van der Waals surface area contributed by atoms with Crippen LogP contribution in [0, 0.1) is 0 Å². The van der Waals surface area contributed by atoms with Gasteiger partial charge in [0.1, 0.15) is 5.75 Å². The van der Waals surface area contributed by atoms with E-state index in [-0.39, 0.29) is 5.97 Å². The molecule has 0 fully saturated rings. The van der Waals surface area contributed by atoms with Gasteiger partial charge in [0, 0.05) is 16.3 Å². The number of thioether (sulfide) groups is 1. The molecule has 0 unspecified atom stereocenters. The quantitative estimate of drug-likeness (QED) is 0.521. The number of benzene rings is 2. The lowest BCUT2D eigenvalue weighted by Gasteiger charge is -2.08. The van der Waals surface area contributed by atoms with Gasteiger partial charge in [0.2, 0.25) is 0 Å². The molecule has 4 nitrogen and oxygen atoms in total. The molecule has 21 heavy (non-hydrogen) atoms. The van der Waals surface area contributed by atoms with Crippen LogP contribution in [0.1, 0.15) is 15.9 Å². The van der Waals surface area contributed by atoms with Crippen LogP contribution in [0.2, 0.25) is 0 Å². The summed E-state index contributed by atoms with van der Waals surface area (Å²) in [5.74, 6) is 1.23. The Bertz CT molecular complexity index is 626. The normalized spacial score (nSPS) is 10.2. The molecule has 0 spiro atoms. The van der Waals surface area contributed by atoms with Crippen molar-refractivity contribution >= 4 is 23.4 Å². The van der Waals surface area contributed by atoms with Crippen LogP contribution < -0.4 is 10.5 Å². The maximum atomic E-state index is 11.5. The topological polar surface area (TPSA) is 61.5 Å². The molecule has 0 aliphatic heterocycles. The first-order chi connectivity index (χ1) is 10.1. The van der Waals surface area contributed by atoms with Gasteiger partial charge in [-0.15, -0.1) is 11.8 Å². The first kappa shape index (κ1) is 15.3. The van der Waals surface area contributed by atoms with Gasteiger partial charge in [0.05, 0.1) is 19.8 Å². The Hall–Kier alpha value is -2.14. The molecular formula is C16H17NO3S. The molecule has 5 heteroatoms. The number of nitrogen functional groups attached to an aromatic ring is 1. The zero-order valence-electron chi connectivity index (χ0n) is 12.0. The van der Waals surface area contributed by atoms with Crippen LogP contribution in [-0.2, 0) is 10.5 Å². The third kappa shape index (κ3) is 3.92. The van der Waals surface area contributed by atoms with E-state index in [1.807, 2.05) is 24.3 Å². The highest BCUT2D eigenvalue weighted by Gasteiger charge is 2.09. The van der Waals surface area contributed by atoms with E-state index in [1.54, 1.807) is 37.1 Å². The van der Waals surface area contributed by atoms with Gasteiger partial charge >= 0.3 is 5.97 Å². The van der Waals surface area contributed by atoms with E-state index >= 15 is 0 Å². The third-order valence-corrected chi connectivity index (χ3v) is 4.13. The van der Waals surface area contributed by atoms with Crippen molar-refractivity contribution in [3.8, 4) is 5.75 Å². The SMILES string of the molecule is COC(=O)c1ccc(N)c(SCc2ccc(OC)cc2)c1. The Morgan fingerprint density at radius 2 is 1.86 bits per heavy atom. The number of nitrogens with two attached hydrogens (primary N) is 1. The molecule has 110 valence electrons. The van der Waals surface area contributed by atoms with Crippen LogP contribution in [0.5, 0.6) is 5.75 Å². The van der Waals surface area contributed by atoms with Crippen molar-refractivity contribution in [1.82, 2.24) is 0 Å². The second-order valence-corrected chi connectivity index (χ2v) is 5.40. The fraction of sp³-hybridized carbons (Fsp3) is 0.188. The summed E-state index contributed by atoms with van der Waals surface area (Å²) in [5, 5.41) is 0. The molecule has 0 atom stereocenters. The number of hydrogen-bond acceptors (Lipinski definition) is 5. The highest BCUT2D eigenvalue weighted by atomic mass is 32.2. The fourth-order valence-corrected chi connectivity index (χ4v) is 2.75. The zero-order chi connectivity index (χ0) is 15.2. The van der Waals surface area contributed by atoms with E-state index in [4.69, 9.17) is 15.2 Å². The second-order valence-electron chi connectivity index (χ2n) is 4.38. The average molecular weight is 303 g/mol. The molecular weight excluding hydrogens is 286 g/mol. The third-order valence-electron chi connectivity index (χ3n) is 2.99. The van der Waals surface area contributed by atoms with Gasteiger partial charge in [0.25, 0.3) is 0 Å². The fourth-order valence-electron chi connectivity index (χ4n) is 1.79. The van der Waals surface area contributed by atoms with Gasteiger partial charge in [-0.2, -0.15) is 0 Å². The Morgan fingerprint density at radius 3 is 2.48 bits per heavy atom. The lowest BCUT2D eigenvalue weighted by Crippen LogP contribution is -2.02. The Morgan fingerprint density at radius 1 is 1.14 bits per heavy atom. The summed E-state index contributed by atoms with van der Waals surface area (Å²) >= 11 is 1.58. The summed E-state index contributed by atoms with van der Waals surface area (Å²) < 4.78 is 9.84. The number of carbonyl (C=O) groups is 1. The molecule has 2 aromatic carbocycles. The molecule has 0 saturated carbocycles. The van der Waals surface area contributed by atoms with Gasteiger partial charge < -0.3 is 15.2 Å². The minimum absolute atomic E-state index is 0.360. The molecule has 0 aliphatic rings. The summed E-state index contributed by atoms with van der Waals surface area (Å²) in [6, 6.07) is 13.0. The molecule has 0 aromatic heterocycles. The van der Waals surface area contributed by atoms with Gasteiger partial charge in [0.15, 0.2) is 0 Å². The van der Waals surface area contributed by atoms with E-state index < -0.39 is 0 Å². The van der Waals surface area contributed by atoms with Crippen molar-refractivity contribution in [2.75, 3.05) is 20.0 Å². The first-order valence-corrected chi connectivity index (χ1v) is 7.36. The van der Waals surface area contributed by atoms with Crippen LogP contribution in [0.4, 0.5) is 5.69 Å². The van der Waals surface area contributed by atoms with Gasteiger partial charge in [-0.25, -0.2) is 4.79 Å². The standard InChI is InChI=1S/C16H17NO3S/c1-19-13-6-3-11(4-7-13)10-21-15-9-12(16(18)20-2)5-8-14(15)17/h3-9H,10,17H2,1-2H3. The van der Waals surface area contributed by atoms with E-state index in [0.29, 0.717) is 11.3 Å². The average Bonchev–Trinajstić information content (AvgIpc) is 2.53. The predicted molar refractivity (Wildman–Crippen MR) is 84.7 cm³/mol. The number of methoxy groups -OCH3 is 2. The molecule has 0 aliphatic carbocycles. The summed E-state index contributed by atoms with van der Waals surface area (Å²) in [7, 11) is 3.01. The van der Waals surface area contributed by atoms with Crippen molar-refractivity contribution in [1.29, 1.82) is 0 Å². The van der Waals surface area contributed by atoms with Gasteiger partial charge in [-0.3, -0.25) is 0 Å². The van der Waals surface area contributed by atoms with E-state index in [2.05, 4.69) is 0 Å². The number of anilines is 1. The molecule has 2 aromatic rings. The lowest BCUT2D eigenvalue weighted by molar-refractivity contribution is 0.0600. The van der Waals surface area contributed by atoms with Crippen molar-refractivity contribution in [3.05, 3.63) is 53.6 Å². The molecule has 0 saturated heterocycles. The second kappa shape index (κ2) is 7.04. The van der Waals surface area contributed by atoms with Crippen LogP contribution in [-0.4, -0.2) is 20.2 Å². The van der Waals surface area contributed by atoms with Crippen LogP contribution in [0.3, 0.4) is 0 Å². The Kier molecular flexibility index (Phi) is 5.11. The van der Waals surface area contributed by atoms with Crippen molar-refractivity contribution < 1.29 is 14.3 Å². The van der Waals surface area contributed by atoms with Crippen LogP contribution in [0.15, 0.2) is 47.4 Å². The van der Waals surface area contributed by atoms with E-state index in [1.165, 1.54) is 7.11 Å². The number of carbonyl (C=O) groups excluding carboxylic acids is 1. The number of rotatable bonds is 5. The molecule has 0 bridgehead atoms. The lowest BCUT2D eigenvalue weighted by atomic mass is 10.2. The number of hydrogen-bond donors (Lipinski definition) is 1. The monoisotopic (exact) mass is 303 g/mol.